The van der Waals surface area contributed by atoms with E-state index in [2.05, 4.69) is 20.2 Å². The Morgan fingerprint density at radius 2 is 1.91 bits per heavy atom. The summed E-state index contributed by atoms with van der Waals surface area (Å²) in [6.07, 6.45) is 5.98. The van der Waals surface area contributed by atoms with Gasteiger partial charge in [0.2, 0.25) is 17.6 Å². The maximum atomic E-state index is 15.1. The molecular weight excluding hydrogens is 453 g/mol. The second-order valence-corrected chi connectivity index (χ2v) is 9.18. The number of nitrogens with one attached hydrogen (secondary N) is 1. The Morgan fingerprint density at radius 3 is 2.71 bits per heavy atom. The molecule has 10 nitrogen and oxygen atoms in total. The predicted octanol–water partition coefficient (Wildman–Crippen LogP) is 0.952. The van der Waals surface area contributed by atoms with Gasteiger partial charge in [0.05, 0.1) is 11.4 Å². The number of imidazole rings is 1. The molecule has 0 saturated carbocycles. The van der Waals surface area contributed by atoms with Crippen LogP contribution in [0.3, 0.4) is 0 Å². The molecule has 35 heavy (non-hydrogen) atoms. The van der Waals surface area contributed by atoms with Crippen LogP contribution in [0.2, 0.25) is 0 Å². The minimum atomic E-state index is -0.711. The van der Waals surface area contributed by atoms with Crippen molar-refractivity contribution < 1.29 is 18.8 Å². The number of amides is 3. The van der Waals surface area contributed by atoms with Gasteiger partial charge in [-0.1, -0.05) is 0 Å². The Bertz CT molecular complexity index is 1350. The number of fused-ring (bicyclic) bond motifs is 2. The number of piperazine rings is 1. The Hall–Kier alpha value is -3.86. The molecule has 0 radical (unpaired) electrons. The highest BCUT2D eigenvalue weighted by molar-refractivity contribution is 6.05. The third kappa shape index (κ3) is 3.91. The first-order valence-corrected chi connectivity index (χ1v) is 11.7. The summed E-state index contributed by atoms with van der Waals surface area (Å²) in [5, 5.41) is 2.29. The highest BCUT2D eigenvalue weighted by Gasteiger charge is 2.40. The Balaban J connectivity index is 1.13. The molecule has 3 aromatic rings. The second kappa shape index (κ2) is 8.42. The summed E-state index contributed by atoms with van der Waals surface area (Å²) in [6.45, 7) is 3.71. The number of hydrogen-bond acceptors (Lipinski definition) is 7. The van der Waals surface area contributed by atoms with Gasteiger partial charge < -0.3 is 9.80 Å². The minimum Gasteiger partial charge on any atom is -0.367 e. The van der Waals surface area contributed by atoms with Gasteiger partial charge in [-0.25, -0.2) is 14.4 Å². The summed E-state index contributed by atoms with van der Waals surface area (Å²) in [5.41, 5.74) is 2.40. The van der Waals surface area contributed by atoms with Gasteiger partial charge >= 0.3 is 0 Å². The van der Waals surface area contributed by atoms with E-state index in [1.165, 1.54) is 11.0 Å². The highest BCUT2D eigenvalue weighted by Crippen LogP contribution is 2.33. The van der Waals surface area contributed by atoms with Crippen LogP contribution in [0.5, 0.6) is 0 Å². The monoisotopic (exact) mass is 477 g/mol. The van der Waals surface area contributed by atoms with Crippen LogP contribution < -0.4 is 10.2 Å². The normalized spacial score (nSPS) is 21.1. The van der Waals surface area contributed by atoms with E-state index in [1.54, 1.807) is 12.3 Å². The third-order valence-corrected chi connectivity index (χ3v) is 7.01. The van der Waals surface area contributed by atoms with Gasteiger partial charge in [-0.2, -0.15) is 0 Å². The van der Waals surface area contributed by atoms with Crippen LogP contribution in [-0.4, -0.2) is 74.1 Å². The number of nitrogens with zero attached hydrogens (tertiary/aromatic N) is 6. The van der Waals surface area contributed by atoms with Gasteiger partial charge in [0, 0.05) is 69.8 Å². The smallest absolute Gasteiger partial charge is 0.255 e. The van der Waals surface area contributed by atoms with Crippen LogP contribution in [0, 0.1) is 5.82 Å². The number of benzene rings is 1. The number of imide groups is 1. The van der Waals surface area contributed by atoms with Crippen molar-refractivity contribution in [2.75, 3.05) is 31.1 Å². The maximum Gasteiger partial charge on any atom is 0.255 e. The minimum absolute atomic E-state index is 0.186. The van der Waals surface area contributed by atoms with E-state index < -0.39 is 17.8 Å². The van der Waals surface area contributed by atoms with E-state index in [0.29, 0.717) is 36.7 Å². The first kappa shape index (κ1) is 21.7. The number of halogens is 1. The van der Waals surface area contributed by atoms with Crippen molar-refractivity contribution in [1.29, 1.82) is 0 Å². The van der Waals surface area contributed by atoms with Crippen molar-refractivity contribution in [3.63, 3.8) is 0 Å². The molecule has 3 aliphatic heterocycles. The lowest BCUT2D eigenvalue weighted by Crippen LogP contribution is -2.52. The van der Waals surface area contributed by atoms with Gasteiger partial charge in [0.15, 0.2) is 0 Å². The van der Waals surface area contributed by atoms with Crippen LogP contribution in [0.15, 0.2) is 36.8 Å². The number of piperidine rings is 1. The lowest BCUT2D eigenvalue weighted by molar-refractivity contribution is -0.136. The maximum absolute atomic E-state index is 15.1. The lowest BCUT2D eigenvalue weighted by Gasteiger charge is -2.36. The molecule has 0 aliphatic carbocycles. The predicted molar refractivity (Wildman–Crippen MR) is 123 cm³/mol. The van der Waals surface area contributed by atoms with Crippen molar-refractivity contribution >= 4 is 29.2 Å². The van der Waals surface area contributed by atoms with E-state index in [4.69, 9.17) is 0 Å². The lowest BCUT2D eigenvalue weighted by atomic mass is 10.0. The summed E-state index contributed by atoms with van der Waals surface area (Å²) in [5.74, 6) is -0.947. The number of hydrogen-bond donors (Lipinski definition) is 1. The number of rotatable bonds is 4. The van der Waals surface area contributed by atoms with Gasteiger partial charge in [0.25, 0.3) is 5.91 Å². The Kier molecular flexibility index (Phi) is 5.21. The second-order valence-electron chi connectivity index (χ2n) is 9.18. The zero-order chi connectivity index (χ0) is 24.1. The fourth-order valence-corrected chi connectivity index (χ4v) is 5.12. The molecule has 1 N–H and O–H groups in total. The van der Waals surface area contributed by atoms with E-state index in [-0.39, 0.29) is 36.8 Å². The molecule has 0 spiro atoms. The number of aromatic nitrogens is 3. The molecule has 6 rings (SSSR count). The molecular formula is C24H24FN7O3. The highest BCUT2D eigenvalue weighted by atomic mass is 19.1. The van der Waals surface area contributed by atoms with Crippen molar-refractivity contribution in [2.24, 2.45) is 0 Å². The summed E-state index contributed by atoms with van der Waals surface area (Å²) in [4.78, 5) is 51.1. The zero-order valence-electron chi connectivity index (χ0n) is 19.0. The van der Waals surface area contributed by atoms with Gasteiger partial charge in [0.1, 0.15) is 11.9 Å². The van der Waals surface area contributed by atoms with Crippen molar-refractivity contribution in [2.45, 2.75) is 32.0 Å². The summed E-state index contributed by atoms with van der Waals surface area (Å²) < 4.78 is 17.0. The van der Waals surface area contributed by atoms with Crippen LogP contribution in [-0.2, 0) is 22.7 Å². The number of anilines is 1. The van der Waals surface area contributed by atoms with Gasteiger partial charge in [-0.15, -0.1) is 0 Å². The van der Waals surface area contributed by atoms with E-state index in [0.717, 1.165) is 18.8 Å². The van der Waals surface area contributed by atoms with Crippen LogP contribution >= 0.6 is 0 Å². The van der Waals surface area contributed by atoms with E-state index in [9.17, 15) is 14.4 Å². The number of carbonyl (C=O) groups excluding carboxylic acids is 3. The molecule has 180 valence electrons. The quantitative estimate of drug-likeness (QED) is 0.558. The molecule has 11 heteroatoms. The fraction of sp³-hybridized carbons (Fsp3) is 0.375. The van der Waals surface area contributed by atoms with Crippen LogP contribution in [0.4, 0.5) is 10.1 Å². The largest absolute Gasteiger partial charge is 0.367 e. The van der Waals surface area contributed by atoms with Gasteiger partial charge in [-0.05, 0) is 30.2 Å². The molecule has 5 heterocycles. The molecule has 3 aliphatic rings. The molecule has 2 aromatic heterocycles. The zero-order valence-corrected chi connectivity index (χ0v) is 19.0. The summed E-state index contributed by atoms with van der Waals surface area (Å²) in [7, 11) is 0. The third-order valence-electron chi connectivity index (χ3n) is 7.01. The van der Waals surface area contributed by atoms with E-state index >= 15 is 4.39 Å². The first-order chi connectivity index (χ1) is 17.0. The fourth-order valence-electron chi connectivity index (χ4n) is 5.12. The molecule has 1 aromatic carbocycles. The standard InChI is InChI=1S/C24H24FN7O3/c25-18-12-17-15(13-32(23(17)35)19-1-2-21(33)28-22(19)34)11-20(18)30-9-7-29(8-10-30)14-16-3-5-31-6-4-26-24(31)27-16/h3-6,11-12,19H,1-2,7-10,13-14H2,(H,28,33,34). The molecule has 2 saturated heterocycles. The Morgan fingerprint density at radius 1 is 1.09 bits per heavy atom. The van der Waals surface area contributed by atoms with Gasteiger partial charge in [-0.3, -0.25) is 29.0 Å². The molecule has 0 bridgehead atoms. The van der Waals surface area contributed by atoms with Crippen LogP contribution in [0.25, 0.3) is 5.78 Å². The average Bonchev–Trinajstić information content (AvgIpc) is 3.43. The summed E-state index contributed by atoms with van der Waals surface area (Å²) >= 11 is 0. The molecule has 1 atom stereocenters. The van der Waals surface area contributed by atoms with Crippen molar-refractivity contribution in [3.05, 3.63) is 59.4 Å². The topological polar surface area (TPSA) is 103 Å². The van der Waals surface area contributed by atoms with E-state index in [1.807, 2.05) is 27.8 Å². The summed E-state index contributed by atoms with van der Waals surface area (Å²) in [6, 6.07) is 4.29. The van der Waals surface area contributed by atoms with Crippen molar-refractivity contribution in [3.8, 4) is 0 Å². The average molecular weight is 478 g/mol. The molecule has 1 unspecified atom stereocenters. The van der Waals surface area contributed by atoms with Crippen molar-refractivity contribution in [1.82, 2.24) is 29.5 Å². The first-order valence-electron chi connectivity index (χ1n) is 11.7. The molecule has 2 fully saturated rings. The molecule has 3 amide bonds. The number of carbonyl (C=O) groups is 3. The van der Waals surface area contributed by atoms with Crippen LogP contribution in [0.1, 0.15) is 34.5 Å². The SMILES string of the molecule is O=C1CCC(N2Cc3cc(N4CCN(Cc5ccn6ccnc6n5)CC4)c(F)cc3C2=O)C(=O)N1. The Labute approximate surface area is 200 Å².